The summed E-state index contributed by atoms with van der Waals surface area (Å²) < 4.78 is 0.928. The Balaban J connectivity index is 2.68. The molecule has 2 heterocycles. The first-order valence-corrected chi connectivity index (χ1v) is 5.42. The van der Waals surface area contributed by atoms with E-state index in [4.69, 9.17) is 23.2 Å². The van der Waals surface area contributed by atoms with Crippen molar-refractivity contribution >= 4 is 34.5 Å². The molecule has 2 N–H and O–H groups in total. The lowest BCUT2D eigenvalue weighted by atomic mass is 10.2. The summed E-state index contributed by atoms with van der Waals surface area (Å²) in [6.45, 7) is 0. The largest absolute Gasteiger partial charge is 0.326 e. The standard InChI is InChI=1S/C8H4Cl2N2O2S/c9-5-1-3(7(10)15-5)4-2-6(13)12-8(14)11-4/h1-2H,(H2,11,12,13,14). The molecular formula is C8H4Cl2N2O2S. The molecule has 4 nitrogen and oxygen atoms in total. The number of aromatic nitrogens is 2. The SMILES string of the molecule is O=c1cc(-c2cc(Cl)sc2Cl)[nH]c(=O)[nH]1. The van der Waals surface area contributed by atoms with Crippen molar-refractivity contribution in [2.24, 2.45) is 0 Å². The lowest BCUT2D eigenvalue weighted by molar-refractivity contribution is 1.04. The zero-order chi connectivity index (χ0) is 11.0. The highest BCUT2D eigenvalue weighted by Gasteiger charge is 2.09. The average molecular weight is 263 g/mol. The van der Waals surface area contributed by atoms with Crippen molar-refractivity contribution in [1.29, 1.82) is 0 Å². The van der Waals surface area contributed by atoms with E-state index in [9.17, 15) is 9.59 Å². The second-order valence-electron chi connectivity index (χ2n) is 2.74. The van der Waals surface area contributed by atoms with Crippen LogP contribution in [0.3, 0.4) is 0 Å². The summed E-state index contributed by atoms with van der Waals surface area (Å²) in [6, 6.07) is 2.85. The van der Waals surface area contributed by atoms with Crippen molar-refractivity contribution in [2.75, 3.05) is 0 Å². The topological polar surface area (TPSA) is 65.7 Å². The van der Waals surface area contributed by atoms with Gasteiger partial charge in [0.2, 0.25) is 0 Å². The fourth-order valence-electron chi connectivity index (χ4n) is 1.14. The molecule has 0 aromatic carbocycles. The molecule has 0 aliphatic carbocycles. The maximum Gasteiger partial charge on any atom is 0.326 e. The van der Waals surface area contributed by atoms with Crippen LogP contribution in [-0.4, -0.2) is 9.97 Å². The minimum atomic E-state index is -0.573. The van der Waals surface area contributed by atoms with Gasteiger partial charge in [0.05, 0.1) is 10.0 Å². The van der Waals surface area contributed by atoms with Crippen LogP contribution in [0.25, 0.3) is 11.3 Å². The van der Waals surface area contributed by atoms with Gasteiger partial charge in [-0.1, -0.05) is 23.2 Å². The minimum Gasteiger partial charge on any atom is -0.307 e. The van der Waals surface area contributed by atoms with Crippen LogP contribution in [0.4, 0.5) is 0 Å². The van der Waals surface area contributed by atoms with Crippen LogP contribution >= 0.6 is 34.5 Å². The molecule has 0 atom stereocenters. The predicted octanol–water partition coefficient (Wildman–Crippen LogP) is 2.10. The van der Waals surface area contributed by atoms with Crippen LogP contribution in [0.5, 0.6) is 0 Å². The van der Waals surface area contributed by atoms with E-state index in [0.29, 0.717) is 19.9 Å². The van der Waals surface area contributed by atoms with Crippen LogP contribution in [0.2, 0.25) is 8.67 Å². The van der Waals surface area contributed by atoms with Gasteiger partial charge in [0.25, 0.3) is 5.56 Å². The summed E-state index contributed by atoms with van der Waals surface area (Å²) in [5.74, 6) is 0. The Labute approximate surface area is 97.5 Å². The van der Waals surface area contributed by atoms with Gasteiger partial charge in [-0.2, -0.15) is 0 Å². The number of halogens is 2. The first-order valence-electron chi connectivity index (χ1n) is 3.85. The molecule has 2 rings (SSSR count). The molecule has 7 heteroatoms. The smallest absolute Gasteiger partial charge is 0.307 e. The van der Waals surface area contributed by atoms with E-state index < -0.39 is 11.2 Å². The highest BCUT2D eigenvalue weighted by atomic mass is 35.5. The molecule has 2 aromatic rings. The van der Waals surface area contributed by atoms with Crippen molar-refractivity contribution in [2.45, 2.75) is 0 Å². The van der Waals surface area contributed by atoms with Gasteiger partial charge in [-0.3, -0.25) is 9.78 Å². The van der Waals surface area contributed by atoms with Crippen LogP contribution in [0.15, 0.2) is 21.7 Å². The van der Waals surface area contributed by atoms with E-state index >= 15 is 0 Å². The Morgan fingerprint density at radius 2 is 1.87 bits per heavy atom. The molecule has 0 amide bonds. The van der Waals surface area contributed by atoms with E-state index in [2.05, 4.69) is 9.97 Å². The second kappa shape index (κ2) is 3.84. The van der Waals surface area contributed by atoms with Crippen LogP contribution in [0.1, 0.15) is 0 Å². The summed E-state index contributed by atoms with van der Waals surface area (Å²) in [5.41, 5.74) is -0.144. The molecule has 0 bridgehead atoms. The molecule has 0 radical (unpaired) electrons. The zero-order valence-electron chi connectivity index (χ0n) is 7.14. The summed E-state index contributed by atoms with van der Waals surface area (Å²) >= 11 is 12.8. The van der Waals surface area contributed by atoms with Crippen molar-refractivity contribution < 1.29 is 0 Å². The lowest BCUT2D eigenvalue weighted by Crippen LogP contribution is -2.21. The zero-order valence-corrected chi connectivity index (χ0v) is 9.46. The Bertz CT molecular complexity index is 585. The molecule has 0 fully saturated rings. The molecule has 0 aliphatic heterocycles. The third-order valence-electron chi connectivity index (χ3n) is 1.71. The maximum absolute atomic E-state index is 11.1. The number of hydrogen-bond donors (Lipinski definition) is 2. The van der Waals surface area contributed by atoms with Gasteiger partial charge in [-0.05, 0) is 6.07 Å². The molecule has 15 heavy (non-hydrogen) atoms. The van der Waals surface area contributed by atoms with E-state index in [0.717, 1.165) is 0 Å². The van der Waals surface area contributed by atoms with Crippen molar-refractivity contribution in [3.8, 4) is 11.3 Å². The molecule has 0 saturated heterocycles. The Hall–Kier alpha value is -1.04. The highest BCUT2D eigenvalue weighted by molar-refractivity contribution is 7.20. The van der Waals surface area contributed by atoms with Gasteiger partial charge < -0.3 is 4.98 Å². The third-order valence-corrected chi connectivity index (χ3v) is 3.19. The Morgan fingerprint density at radius 1 is 1.13 bits per heavy atom. The predicted molar refractivity (Wildman–Crippen MR) is 61.0 cm³/mol. The van der Waals surface area contributed by atoms with E-state index in [1.165, 1.54) is 17.4 Å². The second-order valence-corrected chi connectivity index (χ2v) is 5.02. The summed E-state index contributed by atoms with van der Waals surface area (Å²) in [7, 11) is 0. The van der Waals surface area contributed by atoms with E-state index in [1.807, 2.05) is 0 Å². The molecule has 78 valence electrons. The van der Waals surface area contributed by atoms with Gasteiger partial charge in [0.1, 0.15) is 4.34 Å². The number of aromatic amines is 2. The molecule has 0 spiro atoms. The third kappa shape index (κ3) is 2.14. The Kier molecular flexibility index (Phi) is 2.68. The molecule has 0 aliphatic rings. The van der Waals surface area contributed by atoms with E-state index in [1.54, 1.807) is 6.07 Å². The maximum atomic E-state index is 11.1. The van der Waals surface area contributed by atoms with Gasteiger partial charge in [0.15, 0.2) is 0 Å². The van der Waals surface area contributed by atoms with E-state index in [-0.39, 0.29) is 0 Å². The molecule has 0 unspecified atom stereocenters. The number of nitrogens with one attached hydrogen (secondary N) is 2. The highest BCUT2D eigenvalue weighted by Crippen LogP contribution is 2.36. The summed E-state index contributed by atoms with van der Waals surface area (Å²) in [4.78, 5) is 26.6. The Morgan fingerprint density at radius 3 is 2.40 bits per heavy atom. The monoisotopic (exact) mass is 262 g/mol. The lowest BCUT2D eigenvalue weighted by Gasteiger charge is -1.96. The van der Waals surface area contributed by atoms with Crippen molar-refractivity contribution in [3.05, 3.63) is 41.6 Å². The van der Waals surface area contributed by atoms with Crippen LogP contribution in [-0.2, 0) is 0 Å². The van der Waals surface area contributed by atoms with Gasteiger partial charge in [0, 0.05) is 11.6 Å². The normalized spacial score (nSPS) is 10.5. The van der Waals surface area contributed by atoms with Crippen molar-refractivity contribution in [3.63, 3.8) is 0 Å². The summed E-state index contributed by atoms with van der Waals surface area (Å²) in [6.07, 6.45) is 0. The fraction of sp³-hybridized carbons (Fsp3) is 0. The quantitative estimate of drug-likeness (QED) is 0.827. The van der Waals surface area contributed by atoms with Crippen molar-refractivity contribution in [1.82, 2.24) is 9.97 Å². The molecule has 2 aromatic heterocycles. The first kappa shape index (κ1) is 10.5. The molecular weight excluding hydrogens is 259 g/mol. The number of rotatable bonds is 1. The van der Waals surface area contributed by atoms with Crippen LogP contribution in [0, 0.1) is 0 Å². The minimum absolute atomic E-state index is 0.358. The molecule has 0 saturated carbocycles. The summed E-state index contributed by atoms with van der Waals surface area (Å²) in [5, 5.41) is 0. The van der Waals surface area contributed by atoms with Crippen LogP contribution < -0.4 is 11.2 Å². The van der Waals surface area contributed by atoms with Gasteiger partial charge >= 0.3 is 5.69 Å². The number of hydrogen-bond acceptors (Lipinski definition) is 3. The average Bonchev–Trinajstić information content (AvgIpc) is 2.43. The first-order chi connectivity index (χ1) is 7.06. The van der Waals surface area contributed by atoms with Gasteiger partial charge in [-0.15, -0.1) is 11.3 Å². The number of H-pyrrole nitrogens is 2. The fourth-order valence-corrected chi connectivity index (χ4v) is 2.63. The number of thiophene rings is 1. The van der Waals surface area contributed by atoms with Gasteiger partial charge in [-0.25, -0.2) is 4.79 Å².